The van der Waals surface area contributed by atoms with Gasteiger partial charge in [0, 0.05) is 47.4 Å². The molecule has 0 saturated carbocycles. The molecule has 5 nitrogen and oxygen atoms in total. The Kier molecular flexibility index (Phi) is 16.0. The van der Waals surface area contributed by atoms with E-state index in [1.165, 1.54) is 69.1 Å². The number of piperazine rings is 1. The van der Waals surface area contributed by atoms with Gasteiger partial charge < -0.3 is 14.7 Å². The standard InChI is InChI=1S/C22H29N3S2.C7H6O2S.C2H5.Hg.Na/c1-3-26-18-9-10-22-20(17-18)25(19-7-4-5-8-21(19)27-22)12-6-11-24-15-13-23(2)14-16-24;8-7(9)5-3-1-2-4-6(5)10;1-2;;/h4-5,7-10,17H,3,6,11-16H2,1-2H3;1-4,10H,(H,8,9);1H2,2H3;;/q;;;2*+1/p-2. The van der Waals surface area contributed by atoms with E-state index in [9.17, 15) is 9.90 Å². The summed E-state index contributed by atoms with van der Waals surface area (Å²) in [6.07, 6.45) is 1.20. The molecule has 0 radical (unpaired) electrons. The predicted octanol–water partition coefficient (Wildman–Crippen LogP) is 3.62. The van der Waals surface area contributed by atoms with Gasteiger partial charge in [-0.15, -0.1) is 11.8 Å². The minimum atomic E-state index is -1.06. The summed E-state index contributed by atoms with van der Waals surface area (Å²) in [6.45, 7) is 11.5. The molecule has 0 unspecified atom stereocenters. The van der Waals surface area contributed by atoms with E-state index in [1.54, 1.807) is 20.4 Å². The van der Waals surface area contributed by atoms with E-state index in [0.717, 1.165) is 17.2 Å². The van der Waals surface area contributed by atoms with Gasteiger partial charge >= 0.3 is 122 Å². The summed E-state index contributed by atoms with van der Waals surface area (Å²) in [7, 11) is 4.00. The van der Waals surface area contributed by atoms with Crippen molar-refractivity contribution >= 4 is 49.1 Å². The molecule has 2 aliphatic heterocycles. The van der Waals surface area contributed by atoms with Crippen molar-refractivity contribution in [3.63, 3.8) is 0 Å². The number of rotatable bonds is 10. The van der Waals surface area contributed by atoms with Gasteiger partial charge in [0.05, 0.1) is 11.4 Å². The van der Waals surface area contributed by atoms with E-state index in [4.69, 9.17) is 0 Å². The van der Waals surface area contributed by atoms with Gasteiger partial charge in [0.15, 0.2) is 0 Å². The van der Waals surface area contributed by atoms with Crippen molar-refractivity contribution in [1.29, 1.82) is 0 Å². The van der Waals surface area contributed by atoms with Crippen LogP contribution < -0.4 is 39.6 Å². The fraction of sp³-hybridized carbons (Fsp3) is 0.387. The number of hydrogen-bond donors (Lipinski definition) is 0. The Balaban J connectivity index is 0.000000280. The molecule has 41 heavy (non-hydrogen) atoms. The van der Waals surface area contributed by atoms with Crippen molar-refractivity contribution in [2.45, 2.75) is 43.8 Å². The van der Waals surface area contributed by atoms with Crippen molar-refractivity contribution < 1.29 is 62.5 Å². The van der Waals surface area contributed by atoms with Gasteiger partial charge in [0.25, 0.3) is 0 Å². The molecule has 0 amide bonds. The average molecular weight is 804 g/mol. The zero-order chi connectivity index (χ0) is 28.3. The van der Waals surface area contributed by atoms with E-state index in [2.05, 4.69) is 78.1 Å². The summed E-state index contributed by atoms with van der Waals surface area (Å²) in [5.74, 6) is 0.0546. The van der Waals surface area contributed by atoms with Crippen LogP contribution in [0.1, 0.15) is 30.6 Å². The normalized spacial score (nSPS) is 14.6. The fourth-order valence-electron chi connectivity index (χ4n) is 4.80. The number of benzene rings is 3. The first-order chi connectivity index (χ1) is 19.5. The molecule has 0 spiro atoms. The zero-order valence-electron chi connectivity index (χ0n) is 24.8. The van der Waals surface area contributed by atoms with Gasteiger partial charge in [-0.05, 0) is 56.1 Å². The number of carboxylic acid groups (broad SMARTS) is 1. The Bertz CT molecular complexity index is 1260. The molecule has 2 aliphatic rings. The third-order valence-electron chi connectivity index (χ3n) is 6.93. The van der Waals surface area contributed by atoms with Gasteiger partial charge in [0.1, 0.15) is 0 Å². The quantitative estimate of drug-likeness (QED) is 0.228. The van der Waals surface area contributed by atoms with Crippen molar-refractivity contribution in [3.05, 3.63) is 72.3 Å². The topological polar surface area (TPSA) is 49.8 Å². The van der Waals surface area contributed by atoms with E-state index in [-0.39, 0.29) is 29.6 Å². The smallest absolute Gasteiger partial charge is 1.00 e. The zero-order valence-corrected chi connectivity index (χ0v) is 34.8. The van der Waals surface area contributed by atoms with Gasteiger partial charge in [-0.3, -0.25) is 0 Å². The molecular formula is C31H38HgN3NaO2S3. The number of carbonyl (C=O) groups is 1. The number of nitrogens with zero attached hydrogens (tertiary/aromatic N) is 3. The van der Waals surface area contributed by atoms with Crippen LogP contribution in [-0.2, 0) is 23.1 Å². The van der Waals surface area contributed by atoms with Crippen molar-refractivity contribution in [1.82, 2.24) is 9.80 Å². The van der Waals surface area contributed by atoms with E-state index in [1.807, 2.05) is 35.7 Å². The number of carboxylic acids is 1. The molecule has 0 aliphatic carbocycles. The molecule has 0 N–H and O–H groups in total. The minimum absolute atomic E-state index is 0. The molecule has 2 heterocycles. The van der Waals surface area contributed by atoms with Crippen LogP contribution in [0.15, 0.2) is 86.3 Å². The minimum Gasteiger partial charge on any atom is 1.00 e. The number of thioether (sulfide) groups is 1. The molecule has 3 aromatic carbocycles. The second-order valence-electron chi connectivity index (χ2n) is 9.91. The Labute approximate surface area is 291 Å². The van der Waals surface area contributed by atoms with Crippen LogP contribution in [0.3, 0.4) is 0 Å². The number of carbonyl (C=O) groups excluding carboxylic acids is 1. The SMILES string of the molecule is CCSc1ccc2c(c1)N(CCCN1CCN(C)CC1)c1ccccc1S2.C[CH2][Hg][S]c1ccccc1C(=O)[O-].[Na+]. The molecule has 10 heteroatoms. The maximum Gasteiger partial charge on any atom is 1.00 e. The van der Waals surface area contributed by atoms with Crippen molar-refractivity contribution in [2.24, 2.45) is 0 Å². The van der Waals surface area contributed by atoms with Gasteiger partial charge in [-0.1, -0.05) is 30.8 Å². The summed E-state index contributed by atoms with van der Waals surface area (Å²) in [6, 6.07) is 22.9. The second kappa shape index (κ2) is 18.6. The largest absolute Gasteiger partial charge is 1.00 e. The first-order valence-corrected chi connectivity index (χ1v) is 27.6. The molecule has 5 rings (SSSR count). The summed E-state index contributed by atoms with van der Waals surface area (Å²) < 4.78 is 1.26. The summed E-state index contributed by atoms with van der Waals surface area (Å²) in [4.78, 5) is 23.3. The van der Waals surface area contributed by atoms with Gasteiger partial charge in [0.2, 0.25) is 0 Å². The molecule has 1 saturated heterocycles. The van der Waals surface area contributed by atoms with Gasteiger partial charge in [-0.2, -0.15) is 0 Å². The third-order valence-corrected chi connectivity index (χ3v) is 21.0. The van der Waals surface area contributed by atoms with Crippen LogP contribution in [-0.4, -0.2) is 67.8 Å². The van der Waals surface area contributed by atoms with Crippen LogP contribution in [0, 0.1) is 0 Å². The Morgan fingerprint density at radius 1 is 0.927 bits per heavy atom. The maximum absolute atomic E-state index is 10.7. The molecule has 0 aromatic heterocycles. The van der Waals surface area contributed by atoms with Crippen molar-refractivity contribution in [2.75, 3.05) is 57.0 Å². The van der Waals surface area contributed by atoms with Crippen LogP contribution in [0.25, 0.3) is 0 Å². The summed E-state index contributed by atoms with van der Waals surface area (Å²) in [5, 5.41) is 10.7. The molecular weight excluding hydrogens is 766 g/mol. The Morgan fingerprint density at radius 3 is 2.37 bits per heavy atom. The second-order valence-corrected chi connectivity index (χ2v) is 25.5. The number of likely N-dealkylation sites (N-methyl/N-ethyl adjacent to an activating group) is 1. The first-order valence-electron chi connectivity index (χ1n) is 14.2. The molecule has 0 atom stereocenters. The van der Waals surface area contributed by atoms with E-state index < -0.39 is 29.0 Å². The summed E-state index contributed by atoms with van der Waals surface area (Å²) in [5.41, 5.74) is 3.10. The third kappa shape index (κ3) is 10.5. The number of aromatic carboxylic acids is 1. The average Bonchev–Trinajstić information content (AvgIpc) is 2.97. The molecule has 210 valence electrons. The van der Waals surface area contributed by atoms with E-state index >= 15 is 0 Å². The number of anilines is 2. The molecule has 3 aromatic rings. The summed E-state index contributed by atoms with van der Waals surface area (Å²) >= 11 is 2.95. The van der Waals surface area contributed by atoms with Crippen LogP contribution in [0.4, 0.5) is 11.4 Å². The number of fused-ring (bicyclic) bond motifs is 2. The Hall–Kier alpha value is -0.165. The van der Waals surface area contributed by atoms with Crippen LogP contribution in [0.5, 0.6) is 0 Å². The maximum atomic E-state index is 10.7. The molecule has 1 fully saturated rings. The fourth-order valence-corrected chi connectivity index (χ4v) is 15.4. The number of hydrogen-bond acceptors (Lipinski definition) is 8. The predicted molar refractivity (Wildman–Crippen MR) is 166 cm³/mol. The van der Waals surface area contributed by atoms with Gasteiger partial charge in [-0.25, -0.2) is 0 Å². The molecule has 0 bridgehead atoms. The van der Waals surface area contributed by atoms with Crippen LogP contribution >= 0.6 is 31.8 Å². The number of para-hydroxylation sites is 1. The first kappa shape index (κ1) is 35.3. The van der Waals surface area contributed by atoms with E-state index in [0.29, 0.717) is 5.56 Å². The Morgan fingerprint density at radius 2 is 1.63 bits per heavy atom. The monoisotopic (exact) mass is 805 g/mol. The van der Waals surface area contributed by atoms with Crippen LogP contribution in [0.2, 0.25) is 3.93 Å². The van der Waals surface area contributed by atoms with Crippen molar-refractivity contribution in [3.8, 4) is 0 Å².